The molecule has 0 radical (unpaired) electrons. The smallest absolute Gasteiger partial charge is 0.230 e. The van der Waals surface area contributed by atoms with Crippen LogP contribution in [0.3, 0.4) is 0 Å². The van der Waals surface area contributed by atoms with Crippen LogP contribution in [0.15, 0.2) is 52.2 Å². The number of aryl methyl sites for hydroxylation is 1. The molecule has 7 heteroatoms. The van der Waals surface area contributed by atoms with E-state index >= 15 is 0 Å². The lowest BCUT2D eigenvalue weighted by Gasteiger charge is -2.21. The van der Waals surface area contributed by atoms with Crippen molar-refractivity contribution in [3.8, 4) is 11.4 Å². The molecule has 0 unspecified atom stereocenters. The van der Waals surface area contributed by atoms with Gasteiger partial charge in [-0.1, -0.05) is 55.9 Å². The maximum Gasteiger partial charge on any atom is 0.230 e. The van der Waals surface area contributed by atoms with E-state index < -0.39 is 0 Å². The summed E-state index contributed by atoms with van der Waals surface area (Å²) < 4.78 is 7.23. The van der Waals surface area contributed by atoms with Gasteiger partial charge in [0.15, 0.2) is 11.0 Å². The van der Waals surface area contributed by atoms with Gasteiger partial charge < -0.3 is 14.3 Å². The Hall–Kier alpha value is -2.54. The van der Waals surface area contributed by atoms with Crippen molar-refractivity contribution in [2.24, 2.45) is 13.0 Å². The zero-order chi connectivity index (χ0) is 20.1. The molecule has 2 aromatic heterocycles. The van der Waals surface area contributed by atoms with E-state index in [2.05, 4.69) is 41.5 Å². The molecule has 6 nitrogen and oxygen atoms in total. The molecule has 2 heterocycles. The van der Waals surface area contributed by atoms with Gasteiger partial charge in [0.1, 0.15) is 5.76 Å². The molecule has 1 atom stereocenters. The Morgan fingerprint density at radius 3 is 2.61 bits per heavy atom. The molecular weight excluding hydrogens is 372 g/mol. The van der Waals surface area contributed by atoms with Gasteiger partial charge in [0.05, 0.1) is 23.6 Å². The third-order valence-electron chi connectivity index (χ3n) is 4.51. The Morgan fingerprint density at radius 2 is 1.96 bits per heavy atom. The molecule has 1 amide bonds. The van der Waals surface area contributed by atoms with Crippen LogP contribution in [-0.4, -0.2) is 26.4 Å². The van der Waals surface area contributed by atoms with E-state index in [0.29, 0.717) is 11.1 Å². The van der Waals surface area contributed by atoms with Gasteiger partial charge in [-0.05, 0) is 30.9 Å². The minimum atomic E-state index is -0.0106. The molecule has 1 aromatic carbocycles. The Balaban J connectivity index is 1.63. The van der Waals surface area contributed by atoms with Crippen LogP contribution >= 0.6 is 11.8 Å². The Morgan fingerprint density at radius 1 is 1.21 bits per heavy atom. The molecular formula is C21H26N4O2S. The topological polar surface area (TPSA) is 72.9 Å². The van der Waals surface area contributed by atoms with Crippen molar-refractivity contribution in [3.05, 3.63) is 54.0 Å². The van der Waals surface area contributed by atoms with E-state index in [0.717, 1.165) is 29.1 Å². The number of nitrogens with one attached hydrogen (secondary N) is 1. The minimum Gasteiger partial charge on any atom is -0.469 e. The van der Waals surface area contributed by atoms with E-state index in [-0.39, 0.29) is 17.7 Å². The monoisotopic (exact) mass is 398 g/mol. The van der Waals surface area contributed by atoms with Crippen LogP contribution in [0.5, 0.6) is 0 Å². The van der Waals surface area contributed by atoms with Gasteiger partial charge in [-0.3, -0.25) is 4.79 Å². The van der Waals surface area contributed by atoms with Gasteiger partial charge in [0.2, 0.25) is 5.91 Å². The zero-order valence-corrected chi connectivity index (χ0v) is 17.5. The van der Waals surface area contributed by atoms with Crippen LogP contribution < -0.4 is 5.32 Å². The van der Waals surface area contributed by atoms with E-state index in [4.69, 9.17) is 4.42 Å². The number of nitrogens with zero attached hydrogens (tertiary/aromatic N) is 3. The summed E-state index contributed by atoms with van der Waals surface area (Å²) in [7, 11) is 1.90. The minimum absolute atomic E-state index is 0.0106. The summed E-state index contributed by atoms with van der Waals surface area (Å²) in [5.41, 5.74) is 2.04. The summed E-state index contributed by atoms with van der Waals surface area (Å²) in [6.45, 7) is 6.22. The van der Waals surface area contributed by atoms with Crippen LogP contribution in [0.4, 0.5) is 0 Å². The average Bonchev–Trinajstić information content (AvgIpc) is 3.25. The number of hydrogen-bond acceptors (Lipinski definition) is 5. The number of carbonyl (C=O) groups excluding carboxylic acids is 1. The predicted octanol–water partition coefficient (Wildman–Crippen LogP) is 4.38. The Bertz CT molecular complexity index is 918. The van der Waals surface area contributed by atoms with E-state index in [1.807, 2.05) is 42.8 Å². The summed E-state index contributed by atoms with van der Waals surface area (Å²) >= 11 is 1.38. The average molecular weight is 399 g/mol. The second-order valence-corrected chi connectivity index (χ2v) is 8.15. The lowest BCUT2D eigenvalue weighted by Crippen LogP contribution is -2.31. The number of benzene rings is 1. The van der Waals surface area contributed by atoms with Crippen LogP contribution in [0.2, 0.25) is 0 Å². The van der Waals surface area contributed by atoms with Crippen LogP contribution in [0.25, 0.3) is 11.4 Å². The molecule has 0 saturated carbocycles. The number of amides is 1. The predicted molar refractivity (Wildman–Crippen MR) is 111 cm³/mol. The second kappa shape index (κ2) is 9.10. The van der Waals surface area contributed by atoms with E-state index in [1.165, 1.54) is 11.8 Å². The fraction of sp³-hybridized carbons (Fsp3) is 0.381. The van der Waals surface area contributed by atoms with Crippen molar-refractivity contribution in [2.45, 2.75) is 38.4 Å². The first kappa shape index (κ1) is 20.2. The van der Waals surface area contributed by atoms with E-state index in [1.54, 1.807) is 6.26 Å². The lowest BCUT2D eigenvalue weighted by molar-refractivity contribution is -0.119. The number of rotatable bonds is 8. The molecule has 0 spiro atoms. The normalized spacial score (nSPS) is 12.3. The summed E-state index contributed by atoms with van der Waals surface area (Å²) in [5.74, 6) is 2.29. The van der Waals surface area contributed by atoms with Gasteiger partial charge in [0, 0.05) is 7.05 Å². The highest BCUT2D eigenvalue weighted by Crippen LogP contribution is 2.26. The molecule has 3 rings (SSSR count). The molecule has 148 valence electrons. The van der Waals surface area contributed by atoms with Gasteiger partial charge in [-0.15, -0.1) is 10.2 Å². The van der Waals surface area contributed by atoms with Crippen molar-refractivity contribution in [1.82, 2.24) is 20.1 Å². The van der Waals surface area contributed by atoms with Gasteiger partial charge in [0.25, 0.3) is 0 Å². The largest absolute Gasteiger partial charge is 0.469 e. The first-order chi connectivity index (χ1) is 13.5. The van der Waals surface area contributed by atoms with Crippen molar-refractivity contribution >= 4 is 17.7 Å². The number of furan rings is 1. The lowest BCUT2D eigenvalue weighted by atomic mass is 9.97. The molecule has 0 aliphatic carbocycles. The van der Waals surface area contributed by atoms with Gasteiger partial charge in [-0.25, -0.2) is 0 Å². The Labute approximate surface area is 169 Å². The summed E-state index contributed by atoms with van der Waals surface area (Å²) in [6, 6.07) is 12.0. The van der Waals surface area contributed by atoms with Crippen molar-refractivity contribution in [1.29, 1.82) is 0 Å². The molecule has 0 bridgehead atoms. The van der Waals surface area contributed by atoms with E-state index in [9.17, 15) is 4.79 Å². The third-order valence-corrected chi connectivity index (χ3v) is 5.53. The summed E-state index contributed by atoms with van der Waals surface area (Å²) in [4.78, 5) is 12.6. The molecule has 0 aliphatic heterocycles. The van der Waals surface area contributed by atoms with Crippen LogP contribution in [0, 0.1) is 12.8 Å². The van der Waals surface area contributed by atoms with Gasteiger partial charge >= 0.3 is 0 Å². The van der Waals surface area contributed by atoms with Crippen molar-refractivity contribution in [3.63, 3.8) is 0 Å². The number of thioether (sulfide) groups is 1. The highest BCUT2D eigenvalue weighted by Gasteiger charge is 2.18. The molecule has 0 aliphatic rings. The quantitative estimate of drug-likeness (QED) is 0.570. The number of carbonyl (C=O) groups is 1. The fourth-order valence-corrected chi connectivity index (χ4v) is 3.82. The third kappa shape index (κ3) is 4.84. The van der Waals surface area contributed by atoms with Crippen LogP contribution in [0.1, 0.15) is 37.6 Å². The highest BCUT2D eigenvalue weighted by atomic mass is 32.2. The molecule has 28 heavy (non-hydrogen) atoms. The van der Waals surface area contributed by atoms with Crippen LogP contribution in [-0.2, 0) is 11.8 Å². The highest BCUT2D eigenvalue weighted by molar-refractivity contribution is 7.99. The SMILES string of the molecule is Cc1occc1-c1nnc(SCC(=O)N[C@H](CC(C)C)c2ccccc2)n1C. The number of aromatic nitrogens is 3. The van der Waals surface area contributed by atoms with Gasteiger partial charge in [-0.2, -0.15) is 0 Å². The number of hydrogen-bond donors (Lipinski definition) is 1. The van der Waals surface area contributed by atoms with Crippen molar-refractivity contribution in [2.75, 3.05) is 5.75 Å². The molecule has 0 saturated heterocycles. The Kier molecular flexibility index (Phi) is 6.57. The van der Waals surface area contributed by atoms with Crippen molar-refractivity contribution < 1.29 is 9.21 Å². The maximum atomic E-state index is 12.6. The summed E-state index contributed by atoms with van der Waals surface area (Å²) in [6.07, 6.45) is 2.53. The second-order valence-electron chi connectivity index (χ2n) is 7.20. The molecule has 3 aromatic rings. The maximum absolute atomic E-state index is 12.6. The fourth-order valence-electron chi connectivity index (χ4n) is 3.09. The molecule has 0 fully saturated rings. The standard InChI is InChI=1S/C21H26N4O2S/c1-14(2)12-18(16-8-6-5-7-9-16)22-19(26)13-28-21-24-23-20(25(21)4)17-10-11-27-15(17)3/h5-11,14,18H,12-13H2,1-4H3,(H,22,26)/t18-/m1/s1. The zero-order valence-electron chi connectivity index (χ0n) is 16.7. The summed E-state index contributed by atoms with van der Waals surface area (Å²) in [5, 5.41) is 12.3. The molecule has 1 N–H and O–H groups in total. The first-order valence-corrected chi connectivity index (χ1v) is 10.3. The first-order valence-electron chi connectivity index (χ1n) is 9.36.